The highest BCUT2D eigenvalue weighted by molar-refractivity contribution is 7.89. The number of hydrogen-bond acceptors (Lipinski definition) is 4. The average Bonchev–Trinajstić information content (AvgIpc) is 3.23. The molecule has 3 aliphatic rings. The summed E-state index contributed by atoms with van der Waals surface area (Å²) >= 11 is 12.8. The first kappa shape index (κ1) is 24.2. The van der Waals surface area contributed by atoms with Crippen molar-refractivity contribution in [2.24, 2.45) is 0 Å². The van der Waals surface area contributed by atoms with Gasteiger partial charge in [-0.3, -0.25) is 0 Å². The molecule has 3 aromatic rings. The standard InChI is InChI=1S/C28H28Cl2N2O3S/c29-20-11-9-19(10-12-20)22-17-23-25(32-15-6-16-36(32,33)34)18-28(13-4-1-5-14-28)35-27(23)31-26(22)21-7-2-3-8-24(21)30/h2-3,7-12,17,25H,1,4-6,13-16,18H2. The number of fused-ring (bicyclic) bond motifs is 1. The normalized spacial score (nSPS) is 22.8. The topological polar surface area (TPSA) is 59.5 Å². The maximum atomic E-state index is 13.1. The maximum Gasteiger partial charge on any atom is 0.219 e. The van der Waals surface area contributed by atoms with Crippen molar-refractivity contribution in [3.63, 3.8) is 0 Å². The summed E-state index contributed by atoms with van der Waals surface area (Å²) < 4.78 is 34.6. The van der Waals surface area contributed by atoms with Gasteiger partial charge < -0.3 is 4.74 Å². The first-order valence-corrected chi connectivity index (χ1v) is 15.0. The molecule has 6 rings (SSSR count). The zero-order valence-corrected chi connectivity index (χ0v) is 22.2. The van der Waals surface area contributed by atoms with Crippen molar-refractivity contribution in [3.05, 3.63) is 70.2 Å². The van der Waals surface area contributed by atoms with E-state index < -0.39 is 10.0 Å². The number of hydrogen-bond donors (Lipinski definition) is 0. The largest absolute Gasteiger partial charge is 0.471 e. The Balaban J connectivity index is 1.58. The lowest BCUT2D eigenvalue weighted by molar-refractivity contribution is -0.0160. The van der Waals surface area contributed by atoms with Gasteiger partial charge in [0, 0.05) is 39.7 Å². The van der Waals surface area contributed by atoms with Crippen LogP contribution in [-0.4, -0.2) is 35.6 Å². The van der Waals surface area contributed by atoms with Gasteiger partial charge in [-0.15, -0.1) is 0 Å². The Morgan fingerprint density at radius 3 is 2.39 bits per heavy atom. The van der Waals surface area contributed by atoms with Crippen LogP contribution in [0.5, 0.6) is 5.88 Å². The molecule has 1 atom stereocenters. The molecule has 188 valence electrons. The van der Waals surface area contributed by atoms with Crippen molar-refractivity contribution < 1.29 is 13.2 Å². The predicted octanol–water partition coefficient (Wildman–Crippen LogP) is 7.28. The number of pyridine rings is 1. The monoisotopic (exact) mass is 542 g/mol. The molecule has 36 heavy (non-hydrogen) atoms. The Hall–Kier alpha value is -2.12. The summed E-state index contributed by atoms with van der Waals surface area (Å²) in [5.41, 5.74) is 3.79. The number of halogens is 2. The molecule has 1 aliphatic carbocycles. The van der Waals surface area contributed by atoms with E-state index in [9.17, 15) is 8.42 Å². The van der Waals surface area contributed by atoms with E-state index in [2.05, 4.69) is 6.07 Å². The molecule has 5 nitrogen and oxygen atoms in total. The van der Waals surface area contributed by atoms with Gasteiger partial charge in [-0.05, 0) is 61.9 Å². The lowest BCUT2D eigenvalue weighted by atomic mass is 9.77. The summed E-state index contributed by atoms with van der Waals surface area (Å²) in [6, 6.07) is 17.0. The Morgan fingerprint density at radius 2 is 1.69 bits per heavy atom. The van der Waals surface area contributed by atoms with E-state index in [0.717, 1.165) is 53.6 Å². The summed E-state index contributed by atoms with van der Waals surface area (Å²) in [7, 11) is -3.33. The molecule has 0 radical (unpaired) electrons. The van der Waals surface area contributed by atoms with Gasteiger partial charge in [0.2, 0.25) is 15.9 Å². The Morgan fingerprint density at radius 1 is 0.944 bits per heavy atom. The minimum Gasteiger partial charge on any atom is -0.471 e. The van der Waals surface area contributed by atoms with Crippen molar-refractivity contribution >= 4 is 33.2 Å². The second-order valence-corrected chi connectivity index (χ2v) is 13.0. The van der Waals surface area contributed by atoms with Gasteiger partial charge in [-0.1, -0.05) is 60.0 Å². The van der Waals surface area contributed by atoms with Crippen LogP contribution < -0.4 is 4.74 Å². The highest BCUT2D eigenvalue weighted by Gasteiger charge is 2.48. The van der Waals surface area contributed by atoms with E-state index in [1.165, 1.54) is 6.42 Å². The Bertz CT molecular complexity index is 1400. The molecule has 1 saturated heterocycles. The van der Waals surface area contributed by atoms with Gasteiger partial charge in [0.15, 0.2) is 0 Å². The van der Waals surface area contributed by atoms with Crippen LogP contribution in [0.2, 0.25) is 10.0 Å². The summed E-state index contributed by atoms with van der Waals surface area (Å²) in [5, 5.41) is 1.24. The third-order valence-electron chi connectivity index (χ3n) is 7.79. The Labute approximate surface area is 222 Å². The number of sulfonamides is 1. The second-order valence-electron chi connectivity index (χ2n) is 10.1. The van der Waals surface area contributed by atoms with Gasteiger partial charge >= 0.3 is 0 Å². The highest BCUT2D eigenvalue weighted by Crippen LogP contribution is 2.51. The number of benzene rings is 2. The first-order chi connectivity index (χ1) is 17.4. The minimum absolute atomic E-state index is 0.196. The molecule has 2 fully saturated rings. The summed E-state index contributed by atoms with van der Waals surface area (Å²) in [4.78, 5) is 5.10. The van der Waals surface area contributed by atoms with E-state index in [-0.39, 0.29) is 17.4 Å². The van der Waals surface area contributed by atoms with E-state index in [1.807, 2.05) is 48.5 Å². The molecule has 8 heteroatoms. The van der Waals surface area contributed by atoms with Gasteiger partial charge in [0.05, 0.1) is 17.5 Å². The van der Waals surface area contributed by atoms with Gasteiger partial charge in [0.25, 0.3) is 0 Å². The fourth-order valence-corrected chi connectivity index (χ4v) is 8.08. The average molecular weight is 544 g/mol. The predicted molar refractivity (Wildman–Crippen MR) is 144 cm³/mol. The summed E-state index contributed by atoms with van der Waals surface area (Å²) in [6.45, 7) is 0.533. The third-order valence-corrected chi connectivity index (χ3v) is 10.3. The van der Waals surface area contributed by atoms with Crippen molar-refractivity contribution in [2.45, 2.75) is 56.6 Å². The van der Waals surface area contributed by atoms with Crippen LogP contribution in [0.3, 0.4) is 0 Å². The van der Waals surface area contributed by atoms with E-state index in [0.29, 0.717) is 35.3 Å². The Kier molecular flexibility index (Phi) is 6.27. The molecule has 1 spiro atoms. The van der Waals surface area contributed by atoms with Crippen molar-refractivity contribution in [1.82, 2.24) is 9.29 Å². The van der Waals surface area contributed by atoms with Crippen LogP contribution in [0.25, 0.3) is 22.4 Å². The van der Waals surface area contributed by atoms with Crippen molar-refractivity contribution in [1.29, 1.82) is 0 Å². The van der Waals surface area contributed by atoms with Crippen LogP contribution in [0.15, 0.2) is 54.6 Å². The lowest BCUT2D eigenvalue weighted by Crippen LogP contribution is -2.47. The van der Waals surface area contributed by atoms with Crippen LogP contribution >= 0.6 is 23.2 Å². The molecule has 0 amide bonds. The maximum absolute atomic E-state index is 13.1. The van der Waals surface area contributed by atoms with Crippen LogP contribution in [0.1, 0.15) is 56.6 Å². The fourth-order valence-electron chi connectivity index (χ4n) is 6.02. The van der Waals surface area contributed by atoms with Gasteiger partial charge in [-0.2, -0.15) is 4.31 Å². The quantitative estimate of drug-likeness (QED) is 0.348. The number of ether oxygens (including phenoxy) is 1. The zero-order valence-electron chi connectivity index (χ0n) is 19.9. The van der Waals surface area contributed by atoms with Gasteiger partial charge in [-0.25, -0.2) is 13.4 Å². The van der Waals surface area contributed by atoms with Crippen molar-refractivity contribution in [3.8, 4) is 28.3 Å². The SMILES string of the molecule is O=S1(=O)CCCN1C1CC2(CCCCC2)Oc2nc(-c3ccccc3Cl)c(-c3ccc(Cl)cc3)cc21. The molecule has 1 unspecified atom stereocenters. The molecule has 2 aromatic carbocycles. The molecular weight excluding hydrogens is 515 g/mol. The van der Waals surface area contributed by atoms with E-state index >= 15 is 0 Å². The first-order valence-electron chi connectivity index (χ1n) is 12.6. The zero-order chi connectivity index (χ0) is 24.9. The number of rotatable bonds is 3. The summed E-state index contributed by atoms with van der Waals surface area (Å²) in [5.74, 6) is 0.727. The molecule has 0 bridgehead atoms. The molecule has 1 saturated carbocycles. The highest BCUT2D eigenvalue weighted by atomic mass is 35.5. The fraction of sp³-hybridized carbons (Fsp3) is 0.393. The molecule has 3 heterocycles. The molecule has 0 N–H and O–H groups in total. The lowest BCUT2D eigenvalue weighted by Gasteiger charge is -2.46. The van der Waals surface area contributed by atoms with Crippen LogP contribution in [0.4, 0.5) is 0 Å². The van der Waals surface area contributed by atoms with Gasteiger partial charge in [0.1, 0.15) is 5.60 Å². The second kappa shape index (κ2) is 9.32. The van der Waals surface area contributed by atoms with E-state index in [1.54, 1.807) is 4.31 Å². The molecule has 2 aliphatic heterocycles. The third kappa shape index (κ3) is 4.32. The van der Waals surface area contributed by atoms with Crippen LogP contribution in [0, 0.1) is 0 Å². The van der Waals surface area contributed by atoms with Crippen molar-refractivity contribution in [2.75, 3.05) is 12.3 Å². The van der Waals surface area contributed by atoms with E-state index in [4.69, 9.17) is 32.9 Å². The minimum atomic E-state index is -3.33. The molecular formula is C28H28Cl2N2O3S. The smallest absolute Gasteiger partial charge is 0.219 e. The van der Waals surface area contributed by atoms with Crippen LogP contribution in [-0.2, 0) is 10.0 Å². The number of aromatic nitrogens is 1. The summed E-state index contributed by atoms with van der Waals surface area (Å²) in [6.07, 6.45) is 6.48. The molecule has 1 aromatic heterocycles. The number of nitrogens with zero attached hydrogens (tertiary/aromatic N) is 2.